The Morgan fingerprint density at radius 2 is 2.05 bits per heavy atom. The molecular formula is C15H17N5S. The first-order chi connectivity index (χ1) is 10.1. The van der Waals surface area contributed by atoms with Crippen molar-refractivity contribution >= 4 is 29.2 Å². The molecule has 0 bridgehead atoms. The van der Waals surface area contributed by atoms with Crippen LogP contribution in [0, 0.1) is 4.77 Å². The van der Waals surface area contributed by atoms with Crippen LogP contribution in [-0.4, -0.2) is 19.5 Å². The Balaban J connectivity index is 1.97. The molecule has 0 aliphatic rings. The van der Waals surface area contributed by atoms with Crippen LogP contribution in [0.2, 0.25) is 0 Å². The van der Waals surface area contributed by atoms with Gasteiger partial charge >= 0.3 is 0 Å². The van der Waals surface area contributed by atoms with Crippen LogP contribution in [0.5, 0.6) is 0 Å². The number of hydrogen-bond acceptors (Lipinski definition) is 4. The van der Waals surface area contributed by atoms with E-state index in [-0.39, 0.29) is 0 Å². The highest BCUT2D eigenvalue weighted by Gasteiger charge is 2.11. The summed E-state index contributed by atoms with van der Waals surface area (Å²) in [6, 6.07) is 10.5. The molecule has 108 valence electrons. The van der Waals surface area contributed by atoms with E-state index in [1.165, 1.54) is 5.56 Å². The van der Waals surface area contributed by atoms with E-state index in [1.54, 1.807) is 6.33 Å². The molecule has 3 aromatic rings. The number of nitrogens with one attached hydrogen (secondary N) is 2. The molecule has 2 aromatic heterocycles. The Morgan fingerprint density at radius 1 is 1.29 bits per heavy atom. The van der Waals surface area contributed by atoms with Gasteiger partial charge in [-0.2, -0.15) is 4.98 Å². The second-order valence-electron chi connectivity index (χ2n) is 5.17. The minimum atomic E-state index is 0.293. The first-order valence-electron chi connectivity index (χ1n) is 6.90. The number of nitrogens with zero attached hydrogens (tertiary/aromatic N) is 3. The molecule has 5 nitrogen and oxygen atoms in total. The van der Waals surface area contributed by atoms with Crippen LogP contribution in [0.4, 0.5) is 5.82 Å². The van der Waals surface area contributed by atoms with Crippen LogP contribution in [0.15, 0.2) is 36.7 Å². The van der Waals surface area contributed by atoms with Crippen molar-refractivity contribution in [2.75, 3.05) is 5.32 Å². The lowest BCUT2D eigenvalue weighted by Crippen LogP contribution is -2.05. The Kier molecular flexibility index (Phi) is 3.70. The van der Waals surface area contributed by atoms with Gasteiger partial charge in [-0.05, 0) is 31.6 Å². The van der Waals surface area contributed by atoms with Gasteiger partial charge in [0.15, 0.2) is 10.4 Å². The molecule has 0 fully saturated rings. The summed E-state index contributed by atoms with van der Waals surface area (Å²) in [6.07, 6.45) is 1.80. The summed E-state index contributed by atoms with van der Waals surface area (Å²) in [5.41, 5.74) is 2.82. The maximum absolute atomic E-state index is 5.22. The summed E-state index contributed by atoms with van der Waals surface area (Å²) in [7, 11) is 0. The molecule has 1 aromatic carbocycles. The quantitative estimate of drug-likeness (QED) is 0.721. The predicted molar refractivity (Wildman–Crippen MR) is 86.9 cm³/mol. The Labute approximate surface area is 128 Å². The monoisotopic (exact) mass is 299 g/mol. The molecule has 0 spiro atoms. The molecule has 3 rings (SSSR count). The van der Waals surface area contributed by atoms with Crippen LogP contribution >= 0.6 is 12.2 Å². The summed E-state index contributed by atoms with van der Waals surface area (Å²) < 4.78 is 2.48. The lowest BCUT2D eigenvalue weighted by atomic mass is 10.2. The molecule has 2 heterocycles. The largest absolute Gasteiger partial charge is 0.366 e. The van der Waals surface area contributed by atoms with Gasteiger partial charge in [-0.1, -0.05) is 30.3 Å². The van der Waals surface area contributed by atoms with Crippen molar-refractivity contribution in [3.05, 3.63) is 47.0 Å². The van der Waals surface area contributed by atoms with Gasteiger partial charge < -0.3 is 14.9 Å². The van der Waals surface area contributed by atoms with E-state index in [0.29, 0.717) is 17.4 Å². The van der Waals surface area contributed by atoms with Crippen molar-refractivity contribution < 1.29 is 0 Å². The minimum absolute atomic E-state index is 0.293. The summed E-state index contributed by atoms with van der Waals surface area (Å²) in [5, 5.41) is 3.36. The second kappa shape index (κ2) is 5.65. The van der Waals surface area contributed by atoms with Gasteiger partial charge in [-0.15, -0.1) is 0 Å². The first-order valence-corrected chi connectivity index (χ1v) is 7.30. The third kappa shape index (κ3) is 2.80. The zero-order valence-electron chi connectivity index (χ0n) is 12.0. The summed E-state index contributed by atoms with van der Waals surface area (Å²) in [4.78, 5) is 11.9. The smallest absolute Gasteiger partial charge is 0.200 e. The fourth-order valence-corrected chi connectivity index (χ4v) is 2.41. The average molecular weight is 299 g/mol. The highest BCUT2D eigenvalue weighted by molar-refractivity contribution is 7.71. The number of fused-ring (bicyclic) bond motifs is 1. The van der Waals surface area contributed by atoms with E-state index in [1.807, 2.05) is 22.8 Å². The number of aromatic nitrogens is 4. The maximum atomic E-state index is 5.22. The van der Waals surface area contributed by atoms with Crippen molar-refractivity contribution in [1.29, 1.82) is 0 Å². The van der Waals surface area contributed by atoms with Gasteiger partial charge in [-0.25, -0.2) is 4.98 Å². The van der Waals surface area contributed by atoms with Crippen LogP contribution in [0.3, 0.4) is 0 Å². The van der Waals surface area contributed by atoms with E-state index >= 15 is 0 Å². The molecule has 0 aliphatic carbocycles. The van der Waals surface area contributed by atoms with Gasteiger partial charge in [0.25, 0.3) is 0 Å². The number of imidazole rings is 1. The van der Waals surface area contributed by atoms with Gasteiger partial charge in [0.05, 0.1) is 6.33 Å². The maximum Gasteiger partial charge on any atom is 0.200 e. The molecule has 0 saturated carbocycles. The van der Waals surface area contributed by atoms with Gasteiger partial charge in [0.2, 0.25) is 0 Å². The molecule has 0 atom stereocenters. The Morgan fingerprint density at radius 3 is 2.76 bits per heavy atom. The SMILES string of the molecule is CC(C)n1cnc2c(NCc3ccccc3)[nH]c(=S)nc21. The summed E-state index contributed by atoms with van der Waals surface area (Å²) in [6.45, 7) is 4.90. The van der Waals surface area contributed by atoms with Crippen molar-refractivity contribution in [2.24, 2.45) is 0 Å². The van der Waals surface area contributed by atoms with Crippen molar-refractivity contribution in [3.8, 4) is 0 Å². The lowest BCUT2D eigenvalue weighted by molar-refractivity contribution is 0.612. The molecule has 0 saturated heterocycles. The third-order valence-electron chi connectivity index (χ3n) is 3.31. The number of benzene rings is 1. The van der Waals surface area contributed by atoms with Crippen LogP contribution in [0.1, 0.15) is 25.5 Å². The number of anilines is 1. The first kappa shape index (κ1) is 13.8. The van der Waals surface area contributed by atoms with E-state index in [9.17, 15) is 0 Å². The highest BCUT2D eigenvalue weighted by atomic mass is 32.1. The average Bonchev–Trinajstić information content (AvgIpc) is 2.89. The van der Waals surface area contributed by atoms with Gasteiger partial charge in [-0.3, -0.25) is 0 Å². The topological polar surface area (TPSA) is 58.5 Å². The van der Waals surface area contributed by atoms with E-state index in [4.69, 9.17) is 12.2 Å². The molecule has 21 heavy (non-hydrogen) atoms. The fraction of sp³-hybridized carbons (Fsp3) is 0.267. The molecule has 6 heteroatoms. The summed E-state index contributed by atoms with van der Waals surface area (Å²) in [5.74, 6) is 0.813. The number of hydrogen-bond donors (Lipinski definition) is 2. The van der Waals surface area contributed by atoms with E-state index in [2.05, 4.69) is 46.2 Å². The lowest BCUT2D eigenvalue weighted by Gasteiger charge is -2.09. The second-order valence-corrected chi connectivity index (χ2v) is 5.56. The molecular weight excluding hydrogens is 282 g/mol. The third-order valence-corrected chi connectivity index (χ3v) is 3.51. The van der Waals surface area contributed by atoms with Crippen molar-refractivity contribution in [2.45, 2.75) is 26.4 Å². The van der Waals surface area contributed by atoms with E-state index < -0.39 is 0 Å². The number of H-pyrrole nitrogens is 1. The molecule has 0 amide bonds. The molecule has 0 aliphatic heterocycles. The zero-order chi connectivity index (χ0) is 14.8. The van der Waals surface area contributed by atoms with Crippen LogP contribution in [-0.2, 0) is 6.54 Å². The van der Waals surface area contributed by atoms with Gasteiger partial charge in [0.1, 0.15) is 11.3 Å². The summed E-state index contributed by atoms with van der Waals surface area (Å²) >= 11 is 5.22. The fourth-order valence-electron chi connectivity index (χ4n) is 2.22. The predicted octanol–water partition coefficient (Wildman–Crippen LogP) is 3.68. The Bertz CT molecular complexity index is 804. The zero-order valence-corrected chi connectivity index (χ0v) is 12.8. The molecule has 0 radical (unpaired) electrons. The standard InChI is InChI=1S/C15H17N5S/c1-10(2)20-9-17-12-13(18-15(21)19-14(12)20)16-8-11-6-4-3-5-7-11/h3-7,9-10H,8H2,1-2H3,(H2,16,18,19,21). The molecule has 0 unspecified atom stereocenters. The van der Waals surface area contributed by atoms with Crippen LogP contribution in [0.25, 0.3) is 11.2 Å². The van der Waals surface area contributed by atoms with Gasteiger partial charge in [0, 0.05) is 12.6 Å². The highest BCUT2D eigenvalue weighted by Crippen LogP contribution is 2.21. The number of rotatable bonds is 4. The normalized spacial score (nSPS) is 11.2. The van der Waals surface area contributed by atoms with Crippen molar-refractivity contribution in [1.82, 2.24) is 19.5 Å². The van der Waals surface area contributed by atoms with E-state index in [0.717, 1.165) is 17.0 Å². The molecule has 2 N–H and O–H groups in total. The van der Waals surface area contributed by atoms with Crippen molar-refractivity contribution in [3.63, 3.8) is 0 Å². The Hall–Kier alpha value is -2.21. The minimum Gasteiger partial charge on any atom is -0.366 e. The number of aromatic amines is 1. The van der Waals surface area contributed by atoms with Crippen LogP contribution < -0.4 is 5.32 Å².